The van der Waals surface area contributed by atoms with Crippen LogP contribution in [0.5, 0.6) is 0 Å². The molecule has 8 heteroatoms. The minimum atomic E-state index is -1.06. The number of aliphatic hydroxyl groups is 1. The average Bonchev–Trinajstić information content (AvgIpc) is 3.60. The molecule has 2 unspecified atom stereocenters. The molecular weight excluding hydrogens is 380 g/mol. The van der Waals surface area contributed by atoms with Crippen molar-refractivity contribution in [3.63, 3.8) is 0 Å². The van der Waals surface area contributed by atoms with E-state index in [9.17, 15) is 14.7 Å². The van der Waals surface area contributed by atoms with Gasteiger partial charge in [-0.15, -0.1) is 0 Å². The molecule has 8 nitrogen and oxygen atoms in total. The number of hydrogen-bond acceptors (Lipinski definition) is 8. The fourth-order valence-corrected chi connectivity index (χ4v) is 7.09. The topological polar surface area (TPSA) is 107 Å². The second-order valence-corrected chi connectivity index (χ2v) is 9.30. The third-order valence-electron chi connectivity index (χ3n) is 8.23. The van der Waals surface area contributed by atoms with Gasteiger partial charge in [-0.3, -0.25) is 9.59 Å². The standard InChI is InChI=1S/C21H22O8/c1-5-8-9-10(13(23)16-15(28-16)12(9)22)20(27-5)21-7(4-26-6(2)11(8)21)14(25-3)17-18(29-17)19(21)24/h4-6,8,11,13-18,20,23H,1-3H3/t5-,6?,8-,11?,13+,14+,15+,16-,17-,18-,20+,21+/m1/s1. The number of carbonyl (C=O) groups excluding carboxylic acids is 2. The SMILES string of the molecule is CO[C@H]1C2=COC(C)C3[C@H]4C5=C([C@H](O)[C@H]6O[C@H]6C5=O)[C@H](O[C@@H]4C)[C@@]23C(=O)[C@@H]2O[C@@H]21. The van der Waals surface area contributed by atoms with Crippen LogP contribution in [0.1, 0.15) is 13.8 Å². The lowest BCUT2D eigenvalue weighted by molar-refractivity contribution is -0.210. The van der Waals surface area contributed by atoms with E-state index < -0.39 is 42.0 Å². The Morgan fingerprint density at radius 1 is 1.07 bits per heavy atom. The first-order valence-corrected chi connectivity index (χ1v) is 10.3. The second kappa shape index (κ2) is 5.00. The van der Waals surface area contributed by atoms with Crippen molar-refractivity contribution in [2.75, 3.05) is 7.11 Å². The highest BCUT2D eigenvalue weighted by molar-refractivity contribution is 6.06. The van der Waals surface area contributed by atoms with Gasteiger partial charge in [0.15, 0.2) is 11.6 Å². The van der Waals surface area contributed by atoms with E-state index >= 15 is 0 Å². The van der Waals surface area contributed by atoms with Crippen LogP contribution in [-0.4, -0.2) is 78.7 Å². The predicted octanol–water partition coefficient (Wildman–Crippen LogP) is -0.319. The summed E-state index contributed by atoms with van der Waals surface area (Å²) in [6.07, 6.45) is -3.05. The van der Waals surface area contributed by atoms with Gasteiger partial charge in [-0.25, -0.2) is 0 Å². The van der Waals surface area contributed by atoms with Crippen molar-refractivity contribution in [3.8, 4) is 0 Å². The maximum Gasteiger partial charge on any atom is 0.190 e. The molecule has 154 valence electrons. The van der Waals surface area contributed by atoms with E-state index in [1.54, 1.807) is 13.4 Å². The van der Waals surface area contributed by atoms with Gasteiger partial charge in [0.2, 0.25) is 0 Å². The Morgan fingerprint density at radius 3 is 2.59 bits per heavy atom. The van der Waals surface area contributed by atoms with Gasteiger partial charge in [-0.05, 0) is 19.4 Å². The molecule has 5 heterocycles. The second-order valence-electron chi connectivity index (χ2n) is 9.30. The molecule has 12 atom stereocenters. The maximum absolute atomic E-state index is 13.8. The van der Waals surface area contributed by atoms with E-state index in [2.05, 4.69) is 0 Å². The van der Waals surface area contributed by atoms with Gasteiger partial charge in [0, 0.05) is 30.1 Å². The number of hydrogen-bond donors (Lipinski definition) is 1. The quantitative estimate of drug-likeness (QED) is 0.595. The first-order chi connectivity index (χ1) is 13.9. The van der Waals surface area contributed by atoms with Gasteiger partial charge in [0.25, 0.3) is 0 Å². The lowest BCUT2D eigenvalue weighted by Crippen LogP contribution is -2.72. The van der Waals surface area contributed by atoms with Gasteiger partial charge < -0.3 is 28.8 Å². The maximum atomic E-state index is 13.8. The number of epoxide rings is 2. The normalized spacial score (nSPS) is 58.3. The molecule has 29 heavy (non-hydrogen) atoms. The van der Waals surface area contributed by atoms with Crippen LogP contribution >= 0.6 is 0 Å². The van der Waals surface area contributed by atoms with Crippen LogP contribution in [0.25, 0.3) is 0 Å². The van der Waals surface area contributed by atoms with E-state index in [1.807, 2.05) is 13.8 Å². The molecule has 8 rings (SSSR count). The van der Waals surface area contributed by atoms with Crippen LogP contribution < -0.4 is 0 Å². The number of aliphatic hydroxyl groups excluding tert-OH is 1. The zero-order valence-electron chi connectivity index (χ0n) is 16.2. The third-order valence-corrected chi connectivity index (χ3v) is 8.23. The van der Waals surface area contributed by atoms with Crippen molar-refractivity contribution in [2.45, 2.75) is 68.8 Å². The fraction of sp³-hybridized carbons (Fsp3) is 0.714. The van der Waals surface area contributed by atoms with Crippen molar-refractivity contribution >= 4 is 11.6 Å². The Bertz CT molecular complexity index is 937. The van der Waals surface area contributed by atoms with Crippen LogP contribution in [0.15, 0.2) is 23.0 Å². The number of ketones is 2. The van der Waals surface area contributed by atoms with Crippen LogP contribution in [0.2, 0.25) is 0 Å². The van der Waals surface area contributed by atoms with E-state index in [0.717, 1.165) is 0 Å². The van der Waals surface area contributed by atoms with Crippen molar-refractivity contribution < 1.29 is 38.4 Å². The molecule has 0 aromatic heterocycles. The van der Waals surface area contributed by atoms with Gasteiger partial charge in [0.05, 0.1) is 30.0 Å². The summed E-state index contributed by atoms with van der Waals surface area (Å²) < 4.78 is 29.3. The molecule has 0 aromatic rings. The Kier molecular flexibility index (Phi) is 2.96. The summed E-state index contributed by atoms with van der Waals surface area (Å²) >= 11 is 0. The Labute approximate surface area is 166 Å². The lowest BCUT2D eigenvalue weighted by Gasteiger charge is -2.63. The van der Waals surface area contributed by atoms with Crippen LogP contribution in [-0.2, 0) is 33.3 Å². The number of fused-ring (bicyclic) bond motifs is 3. The molecule has 2 bridgehead atoms. The van der Waals surface area contributed by atoms with Crippen molar-refractivity contribution in [3.05, 3.63) is 23.0 Å². The van der Waals surface area contributed by atoms with Crippen LogP contribution in [0.4, 0.5) is 0 Å². The average molecular weight is 402 g/mol. The molecule has 8 aliphatic rings. The summed E-state index contributed by atoms with van der Waals surface area (Å²) in [5.74, 6) is -0.783. The highest BCUT2D eigenvalue weighted by atomic mass is 16.6. The van der Waals surface area contributed by atoms with Gasteiger partial charge >= 0.3 is 0 Å². The minimum absolute atomic E-state index is 0.0471. The summed E-state index contributed by atoms with van der Waals surface area (Å²) in [5, 5.41) is 11.0. The molecule has 0 aromatic carbocycles. The zero-order chi connectivity index (χ0) is 20.0. The van der Waals surface area contributed by atoms with Crippen molar-refractivity contribution in [1.29, 1.82) is 0 Å². The third kappa shape index (κ3) is 1.66. The van der Waals surface area contributed by atoms with E-state index in [4.69, 9.17) is 23.7 Å². The predicted molar refractivity (Wildman–Crippen MR) is 93.5 cm³/mol. The Morgan fingerprint density at radius 2 is 1.83 bits per heavy atom. The summed E-state index contributed by atoms with van der Waals surface area (Å²) in [4.78, 5) is 27.0. The van der Waals surface area contributed by atoms with E-state index in [-0.39, 0.29) is 41.7 Å². The summed E-state index contributed by atoms with van der Waals surface area (Å²) in [5.41, 5.74) is 0.761. The highest BCUT2D eigenvalue weighted by Crippen LogP contribution is 2.68. The largest absolute Gasteiger partial charge is 0.498 e. The molecule has 1 spiro atoms. The zero-order valence-corrected chi connectivity index (χ0v) is 16.2. The number of rotatable bonds is 1. The smallest absolute Gasteiger partial charge is 0.190 e. The van der Waals surface area contributed by atoms with Gasteiger partial charge in [0.1, 0.15) is 36.6 Å². The molecule has 1 N–H and O–H groups in total. The van der Waals surface area contributed by atoms with E-state index in [0.29, 0.717) is 16.7 Å². The van der Waals surface area contributed by atoms with Crippen molar-refractivity contribution in [1.82, 2.24) is 0 Å². The van der Waals surface area contributed by atoms with E-state index in [1.165, 1.54) is 0 Å². The van der Waals surface area contributed by atoms with Gasteiger partial charge in [-0.2, -0.15) is 0 Å². The van der Waals surface area contributed by atoms with Crippen LogP contribution in [0, 0.1) is 17.3 Å². The Hall–Kier alpha value is -1.58. The molecule has 0 radical (unpaired) electrons. The Balaban J connectivity index is 1.51. The highest BCUT2D eigenvalue weighted by Gasteiger charge is 2.79. The van der Waals surface area contributed by atoms with Crippen LogP contribution in [0.3, 0.4) is 0 Å². The molecular formula is C21H22O8. The first kappa shape index (κ1) is 17.1. The monoisotopic (exact) mass is 402 g/mol. The molecule has 0 amide bonds. The molecule has 3 aliphatic carbocycles. The fourth-order valence-electron chi connectivity index (χ4n) is 7.09. The molecule has 5 aliphatic heterocycles. The number of ether oxygens (including phenoxy) is 5. The lowest BCUT2D eigenvalue weighted by atomic mass is 9.45. The molecule has 4 fully saturated rings. The van der Waals surface area contributed by atoms with Crippen molar-refractivity contribution in [2.24, 2.45) is 17.3 Å². The number of Topliss-reactive ketones (excluding diaryl/α,β-unsaturated/α-hetero) is 2. The first-order valence-electron chi connectivity index (χ1n) is 10.3. The summed E-state index contributed by atoms with van der Waals surface area (Å²) in [6.45, 7) is 3.86. The minimum Gasteiger partial charge on any atom is -0.498 e. The molecule has 1 saturated carbocycles. The summed E-state index contributed by atoms with van der Waals surface area (Å²) in [6, 6.07) is 0. The summed E-state index contributed by atoms with van der Waals surface area (Å²) in [7, 11) is 1.59. The molecule has 3 saturated heterocycles. The number of carbonyl (C=O) groups is 2. The van der Waals surface area contributed by atoms with Gasteiger partial charge in [-0.1, -0.05) is 0 Å². The number of methoxy groups -OCH3 is 1.